The quantitative estimate of drug-likeness (QED) is 0.607. The van der Waals surface area contributed by atoms with Crippen molar-refractivity contribution in [3.8, 4) is 11.1 Å². The van der Waals surface area contributed by atoms with E-state index in [2.05, 4.69) is 10.4 Å². The molecule has 0 spiro atoms. The molecule has 0 bridgehead atoms. The molecule has 1 aromatic heterocycles. The number of rotatable bonds is 7. The van der Waals surface area contributed by atoms with E-state index in [1.165, 1.54) is 28.6 Å². The SMILES string of the molecule is O=C(NCCn1cc(-c2ccccc2)cn1)c1ccc(S(=O)(=O)N2CCOCC2)cc1. The Morgan fingerprint density at radius 1 is 1.00 bits per heavy atom. The zero-order chi connectivity index (χ0) is 21.7. The lowest BCUT2D eigenvalue weighted by Crippen LogP contribution is -2.40. The highest BCUT2D eigenvalue weighted by Gasteiger charge is 2.26. The number of hydrogen-bond acceptors (Lipinski definition) is 5. The summed E-state index contributed by atoms with van der Waals surface area (Å²) >= 11 is 0. The molecule has 1 saturated heterocycles. The van der Waals surface area contributed by atoms with Gasteiger partial charge in [-0.1, -0.05) is 30.3 Å². The highest BCUT2D eigenvalue weighted by Crippen LogP contribution is 2.18. The van der Waals surface area contributed by atoms with E-state index in [0.29, 0.717) is 45.0 Å². The number of carbonyl (C=O) groups excluding carboxylic acids is 1. The zero-order valence-electron chi connectivity index (χ0n) is 17.0. The smallest absolute Gasteiger partial charge is 0.251 e. The van der Waals surface area contributed by atoms with Gasteiger partial charge in [0.2, 0.25) is 10.0 Å². The second-order valence-corrected chi connectivity index (χ2v) is 9.09. The number of hydrogen-bond donors (Lipinski definition) is 1. The van der Waals surface area contributed by atoms with E-state index in [-0.39, 0.29) is 10.8 Å². The maximum absolute atomic E-state index is 12.7. The Balaban J connectivity index is 1.31. The minimum atomic E-state index is -3.57. The summed E-state index contributed by atoms with van der Waals surface area (Å²) < 4.78 is 33.7. The first kappa shape index (κ1) is 21.2. The molecule has 162 valence electrons. The Labute approximate surface area is 181 Å². The minimum Gasteiger partial charge on any atom is -0.379 e. The van der Waals surface area contributed by atoms with Crippen molar-refractivity contribution in [2.24, 2.45) is 0 Å². The van der Waals surface area contributed by atoms with Crippen LogP contribution in [0.4, 0.5) is 0 Å². The van der Waals surface area contributed by atoms with E-state index in [1.54, 1.807) is 10.9 Å². The number of ether oxygens (including phenoxy) is 1. The molecule has 31 heavy (non-hydrogen) atoms. The van der Waals surface area contributed by atoms with Crippen LogP contribution in [0.2, 0.25) is 0 Å². The van der Waals surface area contributed by atoms with Crippen molar-refractivity contribution in [1.82, 2.24) is 19.4 Å². The van der Waals surface area contributed by atoms with Gasteiger partial charge in [0.05, 0.1) is 30.9 Å². The molecule has 8 nitrogen and oxygen atoms in total. The zero-order valence-corrected chi connectivity index (χ0v) is 17.8. The molecular weight excluding hydrogens is 416 g/mol. The number of morpholine rings is 1. The van der Waals surface area contributed by atoms with E-state index >= 15 is 0 Å². The van der Waals surface area contributed by atoms with Crippen LogP contribution in [0.15, 0.2) is 71.9 Å². The van der Waals surface area contributed by atoms with Gasteiger partial charge in [0.25, 0.3) is 5.91 Å². The summed E-state index contributed by atoms with van der Waals surface area (Å²) in [6, 6.07) is 16.0. The summed E-state index contributed by atoms with van der Waals surface area (Å²) in [5.74, 6) is -0.259. The maximum atomic E-state index is 12.7. The molecule has 1 N–H and O–H groups in total. The third-order valence-corrected chi connectivity index (χ3v) is 7.00. The van der Waals surface area contributed by atoms with Gasteiger partial charge in [-0.25, -0.2) is 8.42 Å². The molecule has 0 radical (unpaired) electrons. The first-order valence-electron chi connectivity index (χ1n) is 10.1. The third kappa shape index (κ3) is 5.01. The molecule has 0 saturated carbocycles. The van der Waals surface area contributed by atoms with Crippen LogP contribution in [0.3, 0.4) is 0 Å². The van der Waals surface area contributed by atoms with Gasteiger partial charge in [0.15, 0.2) is 0 Å². The number of nitrogens with one attached hydrogen (secondary N) is 1. The average Bonchev–Trinajstić information content (AvgIpc) is 3.29. The van der Waals surface area contributed by atoms with Crippen LogP contribution in [-0.4, -0.2) is 61.3 Å². The second-order valence-electron chi connectivity index (χ2n) is 7.15. The Kier molecular flexibility index (Phi) is 6.45. The summed E-state index contributed by atoms with van der Waals surface area (Å²) in [5, 5.41) is 7.17. The van der Waals surface area contributed by atoms with Crippen LogP contribution >= 0.6 is 0 Å². The van der Waals surface area contributed by atoms with Gasteiger partial charge in [0, 0.05) is 37.0 Å². The van der Waals surface area contributed by atoms with Crippen molar-refractivity contribution in [2.75, 3.05) is 32.8 Å². The highest BCUT2D eigenvalue weighted by molar-refractivity contribution is 7.89. The van der Waals surface area contributed by atoms with Gasteiger partial charge in [-0.2, -0.15) is 9.40 Å². The minimum absolute atomic E-state index is 0.177. The van der Waals surface area contributed by atoms with Gasteiger partial charge >= 0.3 is 0 Å². The number of aromatic nitrogens is 2. The van der Waals surface area contributed by atoms with Crippen molar-refractivity contribution >= 4 is 15.9 Å². The van der Waals surface area contributed by atoms with Crippen LogP contribution in [0, 0.1) is 0 Å². The third-order valence-electron chi connectivity index (χ3n) is 5.09. The Morgan fingerprint density at radius 2 is 1.71 bits per heavy atom. The van der Waals surface area contributed by atoms with Crippen molar-refractivity contribution in [3.05, 3.63) is 72.6 Å². The van der Waals surface area contributed by atoms with E-state index < -0.39 is 10.0 Å². The summed E-state index contributed by atoms with van der Waals surface area (Å²) in [4.78, 5) is 12.6. The largest absolute Gasteiger partial charge is 0.379 e. The fourth-order valence-electron chi connectivity index (χ4n) is 3.37. The lowest BCUT2D eigenvalue weighted by atomic mass is 10.1. The summed E-state index contributed by atoms with van der Waals surface area (Å²) in [5.41, 5.74) is 2.51. The molecule has 2 heterocycles. The molecule has 4 rings (SSSR count). The molecule has 9 heteroatoms. The first-order valence-corrected chi connectivity index (χ1v) is 11.5. The van der Waals surface area contributed by atoms with E-state index in [4.69, 9.17) is 4.74 Å². The number of amides is 1. The normalized spacial score (nSPS) is 15.0. The second kappa shape index (κ2) is 9.42. The van der Waals surface area contributed by atoms with Crippen LogP contribution in [-0.2, 0) is 21.3 Å². The molecule has 1 amide bonds. The Morgan fingerprint density at radius 3 is 2.42 bits per heavy atom. The van der Waals surface area contributed by atoms with Crippen molar-refractivity contribution in [1.29, 1.82) is 0 Å². The summed E-state index contributed by atoms with van der Waals surface area (Å²) in [7, 11) is -3.57. The van der Waals surface area contributed by atoms with Crippen LogP contribution < -0.4 is 5.32 Å². The average molecular weight is 441 g/mol. The number of sulfonamides is 1. The first-order chi connectivity index (χ1) is 15.0. The summed E-state index contributed by atoms with van der Waals surface area (Å²) in [6.45, 7) is 2.39. The van der Waals surface area contributed by atoms with Crippen molar-refractivity contribution in [3.63, 3.8) is 0 Å². The number of benzene rings is 2. The molecule has 2 aromatic carbocycles. The van der Waals surface area contributed by atoms with Crippen molar-refractivity contribution in [2.45, 2.75) is 11.4 Å². The van der Waals surface area contributed by atoms with E-state index in [1.807, 2.05) is 36.5 Å². The van der Waals surface area contributed by atoms with Crippen LogP contribution in [0.1, 0.15) is 10.4 Å². The Bertz CT molecular complexity index is 1120. The monoisotopic (exact) mass is 440 g/mol. The van der Waals surface area contributed by atoms with E-state index in [0.717, 1.165) is 11.1 Å². The molecule has 1 fully saturated rings. The highest BCUT2D eigenvalue weighted by atomic mass is 32.2. The molecule has 0 atom stereocenters. The Hall–Kier alpha value is -3.01. The van der Waals surface area contributed by atoms with Gasteiger partial charge < -0.3 is 10.1 Å². The predicted molar refractivity (Wildman–Crippen MR) is 116 cm³/mol. The molecule has 3 aromatic rings. The standard InChI is InChI=1S/C22H24N4O4S/c27-22(23-10-11-25-17-20(16-24-25)18-4-2-1-3-5-18)19-6-8-21(9-7-19)31(28,29)26-12-14-30-15-13-26/h1-9,16-17H,10-15H2,(H,23,27). The maximum Gasteiger partial charge on any atom is 0.251 e. The molecule has 1 aliphatic heterocycles. The number of nitrogens with zero attached hydrogens (tertiary/aromatic N) is 3. The van der Waals surface area contributed by atoms with Crippen molar-refractivity contribution < 1.29 is 17.9 Å². The lowest BCUT2D eigenvalue weighted by Gasteiger charge is -2.26. The fraction of sp³-hybridized carbons (Fsp3) is 0.273. The number of carbonyl (C=O) groups is 1. The fourth-order valence-corrected chi connectivity index (χ4v) is 4.77. The molecule has 1 aliphatic rings. The lowest BCUT2D eigenvalue weighted by molar-refractivity contribution is 0.0730. The predicted octanol–water partition coefficient (Wildman–Crippen LogP) is 2.00. The van der Waals surface area contributed by atoms with Gasteiger partial charge in [0.1, 0.15) is 0 Å². The van der Waals surface area contributed by atoms with Gasteiger partial charge in [-0.05, 0) is 29.8 Å². The molecular formula is C22H24N4O4S. The van der Waals surface area contributed by atoms with Gasteiger partial charge in [-0.3, -0.25) is 9.48 Å². The summed E-state index contributed by atoms with van der Waals surface area (Å²) in [6.07, 6.45) is 3.73. The molecule has 0 aliphatic carbocycles. The molecule has 0 unspecified atom stereocenters. The van der Waals surface area contributed by atoms with E-state index in [9.17, 15) is 13.2 Å². The van der Waals surface area contributed by atoms with Gasteiger partial charge in [-0.15, -0.1) is 0 Å². The topological polar surface area (TPSA) is 93.5 Å². The van der Waals surface area contributed by atoms with Crippen LogP contribution in [0.5, 0.6) is 0 Å². The van der Waals surface area contributed by atoms with Crippen LogP contribution in [0.25, 0.3) is 11.1 Å².